The molecule has 1 N–H and O–H groups in total. The Bertz CT molecular complexity index is 797. The second-order valence-corrected chi connectivity index (χ2v) is 6.29. The zero-order valence-electron chi connectivity index (χ0n) is 16.6. The molecule has 6 heteroatoms. The molecule has 0 saturated heterocycles. The van der Waals surface area contributed by atoms with E-state index in [9.17, 15) is 9.59 Å². The number of methoxy groups -OCH3 is 1. The van der Waals surface area contributed by atoms with Gasteiger partial charge in [0.15, 0.2) is 0 Å². The highest BCUT2D eigenvalue weighted by Crippen LogP contribution is 2.25. The van der Waals surface area contributed by atoms with Crippen molar-refractivity contribution >= 4 is 23.2 Å². The minimum Gasteiger partial charge on any atom is -0.497 e. The SMILES string of the molecule is CCN(CC)C(=O)c1cc(NC(=O)c2ccc(OC)cc2)ccc1N(C)C. The van der Waals surface area contributed by atoms with Gasteiger partial charge in [0.25, 0.3) is 11.8 Å². The molecule has 0 aliphatic heterocycles. The van der Waals surface area contributed by atoms with Crippen LogP contribution in [-0.2, 0) is 0 Å². The van der Waals surface area contributed by atoms with Crippen LogP contribution < -0.4 is 15.0 Å². The van der Waals surface area contributed by atoms with Crippen molar-refractivity contribution in [2.24, 2.45) is 0 Å². The van der Waals surface area contributed by atoms with Gasteiger partial charge in [-0.1, -0.05) is 0 Å². The second kappa shape index (κ2) is 9.07. The predicted molar refractivity (Wildman–Crippen MR) is 109 cm³/mol. The van der Waals surface area contributed by atoms with E-state index in [1.165, 1.54) is 0 Å². The van der Waals surface area contributed by atoms with Crippen LogP contribution in [-0.4, -0.2) is 51.0 Å². The minimum atomic E-state index is -0.239. The summed E-state index contributed by atoms with van der Waals surface area (Å²) >= 11 is 0. The van der Waals surface area contributed by atoms with Crippen LogP contribution in [0.3, 0.4) is 0 Å². The van der Waals surface area contributed by atoms with Crippen molar-refractivity contribution in [1.29, 1.82) is 0 Å². The molecule has 0 atom stereocenters. The number of benzene rings is 2. The third-order valence-corrected chi connectivity index (χ3v) is 4.37. The van der Waals surface area contributed by atoms with Crippen LogP contribution in [0.2, 0.25) is 0 Å². The Morgan fingerprint density at radius 2 is 1.63 bits per heavy atom. The maximum atomic E-state index is 12.9. The summed E-state index contributed by atoms with van der Waals surface area (Å²) in [7, 11) is 5.36. The van der Waals surface area contributed by atoms with Crippen molar-refractivity contribution in [2.75, 3.05) is 44.5 Å². The summed E-state index contributed by atoms with van der Waals surface area (Å²) in [5.41, 5.74) is 2.48. The van der Waals surface area contributed by atoms with E-state index >= 15 is 0 Å². The largest absolute Gasteiger partial charge is 0.497 e. The number of ether oxygens (including phenoxy) is 1. The fourth-order valence-corrected chi connectivity index (χ4v) is 2.80. The lowest BCUT2D eigenvalue weighted by Gasteiger charge is -2.23. The minimum absolute atomic E-state index is 0.0516. The molecular weight excluding hydrogens is 342 g/mol. The Morgan fingerprint density at radius 1 is 1.00 bits per heavy atom. The normalized spacial score (nSPS) is 10.3. The molecule has 2 aromatic carbocycles. The van der Waals surface area contributed by atoms with Gasteiger partial charge in [0.1, 0.15) is 5.75 Å². The zero-order valence-corrected chi connectivity index (χ0v) is 16.6. The number of hydrogen-bond donors (Lipinski definition) is 1. The number of hydrogen-bond acceptors (Lipinski definition) is 4. The summed E-state index contributed by atoms with van der Waals surface area (Å²) < 4.78 is 5.11. The molecule has 0 bridgehead atoms. The average Bonchev–Trinajstić information content (AvgIpc) is 2.68. The van der Waals surface area contributed by atoms with Crippen LogP contribution in [0.25, 0.3) is 0 Å². The van der Waals surface area contributed by atoms with E-state index in [2.05, 4.69) is 5.32 Å². The number of carbonyl (C=O) groups excluding carboxylic acids is 2. The van der Waals surface area contributed by atoms with Crippen molar-refractivity contribution < 1.29 is 14.3 Å². The molecule has 2 aromatic rings. The molecule has 0 aliphatic rings. The maximum absolute atomic E-state index is 12.9. The van der Waals surface area contributed by atoms with Crippen molar-refractivity contribution in [1.82, 2.24) is 4.90 Å². The monoisotopic (exact) mass is 369 g/mol. The first-order valence-corrected chi connectivity index (χ1v) is 8.97. The quantitative estimate of drug-likeness (QED) is 0.811. The number of anilines is 2. The first-order chi connectivity index (χ1) is 12.9. The van der Waals surface area contributed by atoms with Gasteiger partial charge < -0.3 is 19.9 Å². The van der Waals surface area contributed by atoms with Gasteiger partial charge in [-0.2, -0.15) is 0 Å². The molecule has 0 spiro atoms. The fraction of sp³-hybridized carbons (Fsp3) is 0.333. The summed E-state index contributed by atoms with van der Waals surface area (Å²) in [5, 5.41) is 2.86. The molecule has 0 heterocycles. The van der Waals surface area contributed by atoms with Crippen LogP contribution in [0.1, 0.15) is 34.6 Å². The van der Waals surface area contributed by atoms with Gasteiger partial charge in [0, 0.05) is 44.1 Å². The molecule has 0 radical (unpaired) electrons. The lowest BCUT2D eigenvalue weighted by atomic mass is 10.1. The zero-order chi connectivity index (χ0) is 20.0. The van der Waals surface area contributed by atoms with Crippen LogP contribution in [0.4, 0.5) is 11.4 Å². The van der Waals surface area contributed by atoms with Crippen LogP contribution in [0, 0.1) is 0 Å². The Balaban J connectivity index is 2.30. The average molecular weight is 369 g/mol. The van der Waals surface area contributed by atoms with E-state index in [4.69, 9.17) is 4.74 Å². The highest BCUT2D eigenvalue weighted by molar-refractivity contribution is 6.06. The topological polar surface area (TPSA) is 61.9 Å². The van der Waals surface area contributed by atoms with Crippen LogP contribution in [0.5, 0.6) is 5.75 Å². The second-order valence-electron chi connectivity index (χ2n) is 6.29. The maximum Gasteiger partial charge on any atom is 0.256 e. The van der Waals surface area contributed by atoms with Gasteiger partial charge in [-0.15, -0.1) is 0 Å². The Kier molecular flexibility index (Phi) is 6.82. The molecule has 0 aliphatic carbocycles. The van der Waals surface area contributed by atoms with Gasteiger partial charge in [0.2, 0.25) is 0 Å². The number of carbonyl (C=O) groups is 2. The molecule has 2 rings (SSSR count). The Hall–Kier alpha value is -3.02. The number of nitrogens with zero attached hydrogens (tertiary/aromatic N) is 2. The molecule has 27 heavy (non-hydrogen) atoms. The molecular formula is C21H27N3O3. The first kappa shape index (κ1) is 20.3. The first-order valence-electron chi connectivity index (χ1n) is 8.97. The number of rotatable bonds is 7. The highest BCUT2D eigenvalue weighted by Gasteiger charge is 2.19. The highest BCUT2D eigenvalue weighted by atomic mass is 16.5. The van der Waals surface area contributed by atoms with E-state index in [1.807, 2.05) is 38.9 Å². The van der Waals surface area contributed by atoms with Gasteiger partial charge >= 0.3 is 0 Å². The molecule has 6 nitrogen and oxygen atoms in total. The van der Waals surface area contributed by atoms with E-state index < -0.39 is 0 Å². The smallest absolute Gasteiger partial charge is 0.256 e. The van der Waals surface area contributed by atoms with E-state index in [0.717, 1.165) is 5.69 Å². The molecule has 2 amide bonds. The fourth-order valence-electron chi connectivity index (χ4n) is 2.80. The third-order valence-electron chi connectivity index (χ3n) is 4.37. The van der Waals surface area contributed by atoms with E-state index in [0.29, 0.717) is 35.7 Å². The lowest BCUT2D eigenvalue weighted by molar-refractivity contribution is 0.0773. The molecule has 0 fully saturated rings. The predicted octanol–water partition coefficient (Wildman–Crippen LogP) is 3.50. The number of nitrogens with one attached hydrogen (secondary N) is 1. The van der Waals surface area contributed by atoms with Crippen molar-refractivity contribution in [3.8, 4) is 5.75 Å². The molecule has 0 saturated carbocycles. The third kappa shape index (κ3) is 4.78. The summed E-state index contributed by atoms with van der Waals surface area (Å²) in [6.07, 6.45) is 0. The van der Waals surface area contributed by atoms with E-state index in [1.54, 1.807) is 48.4 Å². The van der Waals surface area contributed by atoms with Crippen LogP contribution in [0.15, 0.2) is 42.5 Å². The van der Waals surface area contributed by atoms with Gasteiger partial charge in [-0.05, 0) is 56.3 Å². The summed E-state index contributed by atoms with van der Waals surface area (Å²) in [5.74, 6) is 0.398. The number of amides is 2. The van der Waals surface area contributed by atoms with Crippen molar-refractivity contribution in [3.05, 3.63) is 53.6 Å². The molecule has 144 valence electrons. The standard InChI is InChI=1S/C21H27N3O3/c1-6-24(7-2)21(26)18-14-16(10-13-19(18)23(3)4)22-20(25)15-8-11-17(27-5)12-9-15/h8-14H,6-7H2,1-5H3,(H,22,25). The van der Waals surface area contributed by atoms with E-state index in [-0.39, 0.29) is 11.8 Å². The lowest BCUT2D eigenvalue weighted by Crippen LogP contribution is -2.31. The summed E-state index contributed by atoms with van der Waals surface area (Å²) in [6.45, 7) is 5.16. The van der Waals surface area contributed by atoms with Gasteiger partial charge in [0.05, 0.1) is 12.7 Å². The van der Waals surface area contributed by atoms with Crippen molar-refractivity contribution in [2.45, 2.75) is 13.8 Å². The van der Waals surface area contributed by atoms with Crippen molar-refractivity contribution in [3.63, 3.8) is 0 Å². The summed E-state index contributed by atoms with van der Waals surface area (Å²) in [6, 6.07) is 12.3. The Morgan fingerprint density at radius 3 is 2.15 bits per heavy atom. The van der Waals surface area contributed by atoms with Gasteiger partial charge in [-0.3, -0.25) is 9.59 Å². The Labute approximate surface area is 160 Å². The van der Waals surface area contributed by atoms with Crippen LogP contribution >= 0.6 is 0 Å². The molecule has 0 aromatic heterocycles. The van der Waals surface area contributed by atoms with Gasteiger partial charge in [-0.25, -0.2) is 0 Å². The summed E-state index contributed by atoms with van der Waals surface area (Å²) in [4.78, 5) is 29.0. The molecule has 0 unspecified atom stereocenters.